The molecule has 10 atom stereocenters. The second-order valence-corrected chi connectivity index (χ2v) is 11.5. The summed E-state index contributed by atoms with van der Waals surface area (Å²) in [5.41, 5.74) is -0.476. The standard InChI is InChI=1S/C25H37BO7/c1-11-16(32-13(3)27)8-15-20(26)21-24(7,22(30)12(2)19(11)23(15,5)6)17(29)9-18-25(21,10-31-18)33-14(4)28/h12,15-18,20-22,29-30H,8-10H2,1-7H3/t12-,15+,16+,17+,18-,20-,21+,22+,24-,25+/m1/s1. The van der Waals surface area contributed by atoms with Crippen LogP contribution < -0.4 is 0 Å². The van der Waals surface area contributed by atoms with Crippen molar-refractivity contribution in [3.05, 3.63) is 11.1 Å². The van der Waals surface area contributed by atoms with E-state index in [1.807, 2.05) is 20.8 Å². The molecule has 4 aliphatic rings. The monoisotopic (exact) mass is 460 g/mol. The van der Waals surface area contributed by atoms with Crippen LogP contribution >= 0.6 is 0 Å². The van der Waals surface area contributed by atoms with Gasteiger partial charge in [0.25, 0.3) is 0 Å². The highest BCUT2D eigenvalue weighted by Crippen LogP contribution is 2.67. The lowest BCUT2D eigenvalue weighted by atomic mass is 9.39. The Hall–Kier alpha value is -1.38. The van der Waals surface area contributed by atoms with Gasteiger partial charge in [-0.1, -0.05) is 39.1 Å². The van der Waals surface area contributed by atoms with Gasteiger partial charge in [-0.25, -0.2) is 0 Å². The van der Waals surface area contributed by atoms with Crippen molar-refractivity contribution in [2.45, 2.75) is 97.1 Å². The number of aliphatic hydroxyl groups is 2. The van der Waals surface area contributed by atoms with Crippen LogP contribution in [0.4, 0.5) is 0 Å². The molecule has 3 aliphatic carbocycles. The molecule has 2 saturated carbocycles. The lowest BCUT2D eigenvalue weighted by molar-refractivity contribution is -0.338. The summed E-state index contributed by atoms with van der Waals surface area (Å²) in [5, 5.41) is 23.3. The number of hydrogen-bond donors (Lipinski definition) is 2. The molecule has 182 valence electrons. The first-order valence-electron chi connectivity index (χ1n) is 12.0. The third-order valence-electron chi connectivity index (χ3n) is 9.46. The molecule has 33 heavy (non-hydrogen) atoms. The summed E-state index contributed by atoms with van der Waals surface area (Å²) in [6.07, 6.45) is -1.97. The maximum absolute atomic E-state index is 12.2. The Morgan fingerprint density at radius 3 is 2.27 bits per heavy atom. The second-order valence-electron chi connectivity index (χ2n) is 11.5. The Balaban J connectivity index is 1.94. The molecule has 0 unspecified atom stereocenters. The molecule has 0 aromatic heterocycles. The average Bonchev–Trinajstić information content (AvgIpc) is 2.69. The number of ether oxygens (including phenoxy) is 3. The van der Waals surface area contributed by atoms with Crippen molar-refractivity contribution in [3.63, 3.8) is 0 Å². The van der Waals surface area contributed by atoms with Gasteiger partial charge in [-0.3, -0.25) is 9.59 Å². The van der Waals surface area contributed by atoms with Gasteiger partial charge in [0.1, 0.15) is 12.2 Å². The SMILES string of the molecule is [B][C@H]1[C@@H]2[C@]3(OC(C)=O)CO[C@@H]3C[C@H](O)[C@@]2(C)[C@@H](O)[C@H](C)C2=C(C)[C@@H](OC(C)=O)C[C@@H]1C2(C)C. The lowest BCUT2D eigenvalue weighted by Crippen LogP contribution is -2.77. The highest BCUT2D eigenvalue weighted by atomic mass is 16.6. The summed E-state index contributed by atoms with van der Waals surface area (Å²) >= 11 is 0. The number of fused-ring (bicyclic) bond motifs is 5. The fraction of sp³-hybridized carbons (Fsp3) is 0.840. The van der Waals surface area contributed by atoms with Crippen LogP contribution in [0.25, 0.3) is 0 Å². The zero-order chi connectivity index (χ0) is 24.7. The van der Waals surface area contributed by atoms with Gasteiger partial charge in [0, 0.05) is 37.5 Å². The van der Waals surface area contributed by atoms with E-state index in [0.717, 1.165) is 11.1 Å². The van der Waals surface area contributed by atoms with Crippen LogP contribution in [-0.2, 0) is 23.8 Å². The van der Waals surface area contributed by atoms with Gasteiger partial charge in [0.05, 0.1) is 26.7 Å². The van der Waals surface area contributed by atoms with E-state index in [1.54, 1.807) is 0 Å². The Morgan fingerprint density at radius 1 is 1.12 bits per heavy atom. The lowest BCUT2D eigenvalue weighted by Gasteiger charge is -2.68. The van der Waals surface area contributed by atoms with E-state index in [2.05, 4.69) is 13.8 Å². The predicted molar refractivity (Wildman–Crippen MR) is 121 cm³/mol. The Kier molecular flexibility index (Phi) is 5.86. The van der Waals surface area contributed by atoms with Crippen molar-refractivity contribution in [1.29, 1.82) is 0 Å². The predicted octanol–water partition coefficient (Wildman–Crippen LogP) is 2.34. The van der Waals surface area contributed by atoms with Crippen molar-refractivity contribution in [2.24, 2.45) is 28.6 Å². The van der Waals surface area contributed by atoms with E-state index in [4.69, 9.17) is 22.1 Å². The van der Waals surface area contributed by atoms with Crippen LogP contribution in [0.2, 0.25) is 5.82 Å². The molecule has 2 radical (unpaired) electrons. The molecule has 7 nitrogen and oxygen atoms in total. The Bertz CT molecular complexity index is 884. The summed E-state index contributed by atoms with van der Waals surface area (Å²) in [4.78, 5) is 24.1. The van der Waals surface area contributed by atoms with Gasteiger partial charge in [-0.15, -0.1) is 0 Å². The molecule has 3 fully saturated rings. The number of aliphatic hydroxyl groups excluding tert-OH is 2. The van der Waals surface area contributed by atoms with E-state index < -0.39 is 58.6 Å². The zero-order valence-electron chi connectivity index (χ0n) is 20.8. The fourth-order valence-corrected chi connectivity index (χ4v) is 8.09. The van der Waals surface area contributed by atoms with E-state index >= 15 is 0 Å². The molecule has 1 aliphatic heterocycles. The quantitative estimate of drug-likeness (QED) is 0.371. The topological polar surface area (TPSA) is 102 Å². The summed E-state index contributed by atoms with van der Waals surface area (Å²) < 4.78 is 17.4. The minimum Gasteiger partial charge on any atom is -0.458 e. The van der Waals surface area contributed by atoms with Crippen LogP contribution in [0.15, 0.2) is 11.1 Å². The Labute approximate surface area is 197 Å². The highest BCUT2D eigenvalue weighted by Gasteiger charge is 2.72. The first-order valence-corrected chi connectivity index (χ1v) is 12.0. The third kappa shape index (κ3) is 3.27. The van der Waals surface area contributed by atoms with Gasteiger partial charge >= 0.3 is 11.9 Å². The van der Waals surface area contributed by atoms with Crippen LogP contribution in [0, 0.1) is 28.6 Å². The van der Waals surface area contributed by atoms with E-state index in [-0.39, 0.29) is 30.8 Å². The van der Waals surface area contributed by atoms with Crippen molar-refractivity contribution in [3.8, 4) is 0 Å². The van der Waals surface area contributed by atoms with Crippen LogP contribution in [0.5, 0.6) is 0 Å². The van der Waals surface area contributed by atoms with Crippen LogP contribution in [-0.4, -0.2) is 66.6 Å². The third-order valence-corrected chi connectivity index (χ3v) is 9.46. The average molecular weight is 460 g/mol. The molecule has 8 heteroatoms. The minimum atomic E-state index is -1.02. The van der Waals surface area contributed by atoms with Crippen molar-refractivity contribution < 1.29 is 34.0 Å². The summed E-state index contributed by atoms with van der Waals surface area (Å²) in [6, 6.07) is 0. The maximum atomic E-state index is 12.2. The molecule has 2 bridgehead atoms. The zero-order valence-corrected chi connectivity index (χ0v) is 20.8. The van der Waals surface area contributed by atoms with E-state index in [1.165, 1.54) is 13.8 Å². The second kappa shape index (κ2) is 7.82. The Morgan fingerprint density at radius 2 is 1.76 bits per heavy atom. The molecule has 0 aromatic carbocycles. The first kappa shape index (κ1) is 24.7. The number of esters is 2. The molecular weight excluding hydrogens is 423 g/mol. The molecule has 0 amide bonds. The number of carbonyl (C=O) groups excluding carboxylic acids is 2. The van der Waals surface area contributed by atoms with E-state index in [9.17, 15) is 19.8 Å². The molecule has 1 heterocycles. The van der Waals surface area contributed by atoms with Crippen molar-refractivity contribution in [1.82, 2.24) is 0 Å². The minimum absolute atomic E-state index is 0.140. The number of carbonyl (C=O) groups is 2. The van der Waals surface area contributed by atoms with Gasteiger partial charge < -0.3 is 24.4 Å². The van der Waals surface area contributed by atoms with Crippen molar-refractivity contribution in [2.75, 3.05) is 6.61 Å². The van der Waals surface area contributed by atoms with Gasteiger partial charge in [-0.2, -0.15) is 0 Å². The molecular formula is C25H37BO7. The summed E-state index contributed by atoms with van der Waals surface area (Å²) in [6.45, 7) is 13.0. The molecule has 0 spiro atoms. The molecule has 4 rings (SSSR count). The van der Waals surface area contributed by atoms with Crippen LogP contribution in [0.3, 0.4) is 0 Å². The largest absolute Gasteiger partial charge is 0.458 e. The van der Waals surface area contributed by atoms with Gasteiger partial charge in [0.2, 0.25) is 0 Å². The number of rotatable bonds is 2. The first-order chi connectivity index (χ1) is 15.2. The smallest absolute Gasteiger partial charge is 0.303 e. The highest BCUT2D eigenvalue weighted by molar-refractivity contribution is 6.12. The maximum Gasteiger partial charge on any atom is 0.303 e. The molecule has 0 aromatic rings. The number of hydrogen-bond acceptors (Lipinski definition) is 7. The van der Waals surface area contributed by atoms with Crippen molar-refractivity contribution >= 4 is 19.8 Å². The molecule has 2 N–H and O–H groups in total. The summed E-state index contributed by atoms with van der Waals surface area (Å²) in [5.74, 6) is -2.36. The van der Waals surface area contributed by atoms with Gasteiger partial charge in [0.15, 0.2) is 5.60 Å². The fourth-order valence-electron chi connectivity index (χ4n) is 8.09. The normalized spacial score (nSPS) is 48.4. The van der Waals surface area contributed by atoms with E-state index in [0.29, 0.717) is 6.42 Å². The summed E-state index contributed by atoms with van der Waals surface area (Å²) in [7, 11) is 7.09. The van der Waals surface area contributed by atoms with Crippen LogP contribution in [0.1, 0.15) is 61.3 Å². The van der Waals surface area contributed by atoms with Gasteiger partial charge in [-0.05, 0) is 30.3 Å². The molecule has 1 saturated heterocycles.